The smallest absolute Gasteiger partial charge is 0.410 e. The zero-order chi connectivity index (χ0) is 26.7. The third-order valence-electron chi connectivity index (χ3n) is 6.55. The predicted octanol–water partition coefficient (Wildman–Crippen LogP) is 6.40. The van der Waals surface area contributed by atoms with Crippen molar-refractivity contribution in [1.82, 2.24) is 9.80 Å². The Hall–Kier alpha value is -4.10. The van der Waals surface area contributed by atoms with Crippen LogP contribution in [0.4, 0.5) is 10.5 Å². The van der Waals surface area contributed by atoms with Crippen LogP contribution in [0.5, 0.6) is 0 Å². The number of ether oxygens (including phenoxy) is 1. The summed E-state index contributed by atoms with van der Waals surface area (Å²) in [6.07, 6.45) is -0.253. The standard InChI is InChI=1S/C31H33N3O4/c1-31(2,3)38-30(36)34-18-16-33(17-19-34)21-23-12-9-15-27-25(23)20-28(37-27)24-13-7-8-14-26(24)32-29(35)22-10-5-4-6-11-22/h4-15,20H,16-19,21H2,1-3H3,(H,32,35). The van der Waals surface area contributed by atoms with Gasteiger partial charge in [0, 0.05) is 49.2 Å². The minimum Gasteiger partial charge on any atom is -0.456 e. The molecule has 0 saturated carbocycles. The second-order valence-corrected chi connectivity index (χ2v) is 10.5. The van der Waals surface area contributed by atoms with Crippen LogP contribution in [0.25, 0.3) is 22.3 Å². The fourth-order valence-electron chi connectivity index (χ4n) is 4.64. The van der Waals surface area contributed by atoms with Crippen molar-refractivity contribution >= 4 is 28.7 Å². The van der Waals surface area contributed by atoms with Gasteiger partial charge in [0.05, 0.1) is 5.69 Å². The van der Waals surface area contributed by atoms with E-state index in [1.807, 2.05) is 75.4 Å². The molecule has 0 atom stereocenters. The van der Waals surface area contributed by atoms with Crippen molar-refractivity contribution < 1.29 is 18.7 Å². The molecule has 1 fully saturated rings. The van der Waals surface area contributed by atoms with E-state index in [0.29, 0.717) is 30.1 Å². The second-order valence-electron chi connectivity index (χ2n) is 10.5. The summed E-state index contributed by atoms with van der Waals surface area (Å²) in [7, 11) is 0. The van der Waals surface area contributed by atoms with E-state index in [0.717, 1.165) is 41.7 Å². The SMILES string of the molecule is CC(C)(C)OC(=O)N1CCN(Cc2cccc3oc(-c4ccccc4NC(=O)c4ccccc4)cc23)CC1. The molecule has 0 aliphatic carbocycles. The minimum atomic E-state index is -0.494. The Morgan fingerprint density at radius 1 is 0.895 bits per heavy atom. The van der Waals surface area contributed by atoms with Crippen LogP contribution in [0.15, 0.2) is 83.3 Å². The van der Waals surface area contributed by atoms with Gasteiger partial charge in [0.1, 0.15) is 16.9 Å². The largest absolute Gasteiger partial charge is 0.456 e. The molecule has 1 aliphatic heterocycles. The Bertz CT molecular complexity index is 1430. The first-order valence-electron chi connectivity index (χ1n) is 12.9. The lowest BCUT2D eigenvalue weighted by Crippen LogP contribution is -2.49. The summed E-state index contributed by atoms with van der Waals surface area (Å²) in [6, 6.07) is 25.0. The number of nitrogens with zero attached hydrogens (tertiary/aromatic N) is 2. The van der Waals surface area contributed by atoms with E-state index in [4.69, 9.17) is 9.15 Å². The number of para-hydroxylation sites is 1. The molecule has 0 spiro atoms. The molecule has 7 nitrogen and oxygen atoms in total. The van der Waals surface area contributed by atoms with Crippen LogP contribution >= 0.6 is 0 Å². The number of hydrogen-bond donors (Lipinski definition) is 1. The number of benzene rings is 3. The number of amides is 2. The van der Waals surface area contributed by atoms with E-state index in [-0.39, 0.29) is 12.0 Å². The summed E-state index contributed by atoms with van der Waals surface area (Å²) in [5.41, 5.74) is 3.58. The van der Waals surface area contributed by atoms with Gasteiger partial charge in [-0.05, 0) is 62.7 Å². The van der Waals surface area contributed by atoms with E-state index >= 15 is 0 Å². The average molecular weight is 512 g/mol. The minimum absolute atomic E-state index is 0.166. The molecule has 1 aliphatic rings. The normalized spacial score (nSPS) is 14.4. The molecule has 0 unspecified atom stereocenters. The highest BCUT2D eigenvalue weighted by Crippen LogP contribution is 2.34. The number of hydrogen-bond acceptors (Lipinski definition) is 5. The summed E-state index contributed by atoms with van der Waals surface area (Å²) in [4.78, 5) is 29.3. The number of carbonyl (C=O) groups is 2. The monoisotopic (exact) mass is 511 g/mol. The fourth-order valence-corrected chi connectivity index (χ4v) is 4.64. The Balaban J connectivity index is 1.32. The Morgan fingerprint density at radius 2 is 1.61 bits per heavy atom. The zero-order valence-electron chi connectivity index (χ0n) is 22.1. The summed E-state index contributed by atoms with van der Waals surface area (Å²) < 4.78 is 11.8. The number of fused-ring (bicyclic) bond motifs is 1. The zero-order valence-corrected chi connectivity index (χ0v) is 22.1. The van der Waals surface area contributed by atoms with Crippen molar-refractivity contribution in [2.24, 2.45) is 0 Å². The van der Waals surface area contributed by atoms with E-state index in [1.165, 1.54) is 0 Å². The van der Waals surface area contributed by atoms with Gasteiger partial charge in [0.25, 0.3) is 5.91 Å². The van der Waals surface area contributed by atoms with Crippen LogP contribution in [0.3, 0.4) is 0 Å². The third kappa shape index (κ3) is 5.89. The maximum absolute atomic E-state index is 12.8. The molecule has 2 amide bonds. The molecule has 1 N–H and O–H groups in total. The lowest BCUT2D eigenvalue weighted by molar-refractivity contribution is 0.0139. The Morgan fingerprint density at radius 3 is 2.34 bits per heavy atom. The number of rotatable bonds is 5. The van der Waals surface area contributed by atoms with Crippen LogP contribution in [0.1, 0.15) is 36.7 Å². The van der Waals surface area contributed by atoms with Crippen LogP contribution in [0, 0.1) is 0 Å². The molecule has 5 rings (SSSR count). The van der Waals surface area contributed by atoms with Crippen molar-refractivity contribution in [2.75, 3.05) is 31.5 Å². The van der Waals surface area contributed by atoms with Gasteiger partial charge in [-0.2, -0.15) is 0 Å². The molecule has 1 aromatic heterocycles. The maximum atomic E-state index is 12.8. The fraction of sp³-hybridized carbons (Fsp3) is 0.290. The lowest BCUT2D eigenvalue weighted by Gasteiger charge is -2.35. The molecule has 7 heteroatoms. The van der Waals surface area contributed by atoms with E-state index in [9.17, 15) is 9.59 Å². The maximum Gasteiger partial charge on any atom is 0.410 e. The molecule has 196 valence electrons. The van der Waals surface area contributed by atoms with Gasteiger partial charge in [-0.1, -0.05) is 42.5 Å². The van der Waals surface area contributed by atoms with E-state index in [1.54, 1.807) is 17.0 Å². The van der Waals surface area contributed by atoms with Crippen LogP contribution in [-0.4, -0.2) is 53.6 Å². The molecular formula is C31H33N3O4. The van der Waals surface area contributed by atoms with Crippen LogP contribution in [0.2, 0.25) is 0 Å². The molecule has 2 heterocycles. The summed E-state index contributed by atoms with van der Waals surface area (Å²) in [6.45, 7) is 9.23. The molecule has 3 aromatic carbocycles. The molecule has 38 heavy (non-hydrogen) atoms. The first kappa shape index (κ1) is 25.5. The first-order chi connectivity index (χ1) is 18.3. The Labute approximate surface area is 223 Å². The predicted molar refractivity (Wildman–Crippen MR) is 149 cm³/mol. The number of carbonyl (C=O) groups excluding carboxylic acids is 2. The van der Waals surface area contributed by atoms with Crippen LogP contribution < -0.4 is 5.32 Å². The van der Waals surface area contributed by atoms with Crippen molar-refractivity contribution in [1.29, 1.82) is 0 Å². The number of furan rings is 1. The average Bonchev–Trinajstić information content (AvgIpc) is 3.34. The summed E-state index contributed by atoms with van der Waals surface area (Å²) in [5.74, 6) is 0.534. The van der Waals surface area contributed by atoms with Crippen molar-refractivity contribution in [3.63, 3.8) is 0 Å². The number of piperazine rings is 1. The van der Waals surface area contributed by atoms with Crippen molar-refractivity contribution in [3.8, 4) is 11.3 Å². The van der Waals surface area contributed by atoms with Gasteiger partial charge in [-0.15, -0.1) is 0 Å². The first-order valence-corrected chi connectivity index (χ1v) is 12.9. The van der Waals surface area contributed by atoms with Gasteiger partial charge >= 0.3 is 6.09 Å². The summed E-state index contributed by atoms with van der Waals surface area (Å²) >= 11 is 0. The van der Waals surface area contributed by atoms with Crippen LogP contribution in [-0.2, 0) is 11.3 Å². The number of anilines is 1. The second kappa shape index (κ2) is 10.7. The number of nitrogens with one attached hydrogen (secondary N) is 1. The molecular weight excluding hydrogens is 478 g/mol. The molecule has 0 bridgehead atoms. The lowest BCUT2D eigenvalue weighted by atomic mass is 10.1. The topological polar surface area (TPSA) is 75.0 Å². The highest BCUT2D eigenvalue weighted by Gasteiger charge is 2.26. The third-order valence-corrected chi connectivity index (χ3v) is 6.55. The quantitative estimate of drug-likeness (QED) is 0.335. The van der Waals surface area contributed by atoms with Gasteiger partial charge < -0.3 is 19.4 Å². The summed E-state index contributed by atoms with van der Waals surface area (Å²) in [5, 5.41) is 4.07. The highest BCUT2D eigenvalue weighted by molar-refractivity contribution is 6.06. The van der Waals surface area contributed by atoms with Gasteiger partial charge in [0.2, 0.25) is 0 Å². The van der Waals surface area contributed by atoms with E-state index in [2.05, 4.69) is 22.3 Å². The molecule has 1 saturated heterocycles. The van der Waals surface area contributed by atoms with Crippen molar-refractivity contribution in [3.05, 3.63) is 90.0 Å². The highest BCUT2D eigenvalue weighted by atomic mass is 16.6. The molecule has 4 aromatic rings. The van der Waals surface area contributed by atoms with Gasteiger partial charge in [-0.3, -0.25) is 9.69 Å². The van der Waals surface area contributed by atoms with Gasteiger partial charge in [0.15, 0.2) is 0 Å². The van der Waals surface area contributed by atoms with E-state index < -0.39 is 5.60 Å². The van der Waals surface area contributed by atoms with Gasteiger partial charge in [-0.25, -0.2) is 4.79 Å². The van der Waals surface area contributed by atoms with Crippen molar-refractivity contribution in [2.45, 2.75) is 32.9 Å². The molecule has 0 radical (unpaired) electrons. The Kier molecular flexibility index (Phi) is 7.20.